The van der Waals surface area contributed by atoms with E-state index < -0.39 is 0 Å². The number of benzene rings is 1. The van der Waals surface area contributed by atoms with Crippen LogP contribution < -0.4 is 0 Å². The van der Waals surface area contributed by atoms with E-state index in [2.05, 4.69) is 19.9 Å². The minimum absolute atomic E-state index is 0.641. The van der Waals surface area contributed by atoms with Crippen LogP contribution in [0.15, 0.2) is 18.2 Å². The molecule has 1 heterocycles. The van der Waals surface area contributed by atoms with Crippen molar-refractivity contribution in [1.82, 2.24) is 0 Å². The summed E-state index contributed by atoms with van der Waals surface area (Å²) in [6.07, 6.45) is 1.10. The van der Waals surface area contributed by atoms with E-state index in [-0.39, 0.29) is 0 Å². The van der Waals surface area contributed by atoms with Crippen LogP contribution in [-0.2, 0) is 6.42 Å². The van der Waals surface area contributed by atoms with Crippen molar-refractivity contribution in [2.75, 3.05) is 0 Å². The van der Waals surface area contributed by atoms with E-state index in [0.717, 1.165) is 11.1 Å². The van der Waals surface area contributed by atoms with Gasteiger partial charge in [-0.2, -0.15) is 0 Å². The molecule has 0 spiro atoms. The maximum Gasteiger partial charge on any atom is 0.0770 e. The fourth-order valence-electron chi connectivity index (χ4n) is 1.60. The Morgan fingerprint density at radius 3 is 2.67 bits per heavy atom. The Balaban J connectivity index is 2.51. The fourth-order valence-corrected chi connectivity index (χ4v) is 3.41. The van der Waals surface area contributed by atoms with Crippen LogP contribution in [0.1, 0.15) is 18.7 Å². The second kappa shape index (κ2) is 4.32. The highest BCUT2D eigenvalue weighted by molar-refractivity contribution is 7.19. The predicted molar refractivity (Wildman–Crippen MR) is 70.4 cm³/mol. The third-order valence-electron chi connectivity index (χ3n) is 2.24. The maximum absolute atomic E-state index is 6.15. The number of fused-ring (bicyclic) bond motifs is 1. The van der Waals surface area contributed by atoms with Crippen LogP contribution in [0.3, 0.4) is 0 Å². The summed E-state index contributed by atoms with van der Waals surface area (Å²) >= 11 is 13.9. The number of rotatable bonds is 2. The van der Waals surface area contributed by atoms with Crippen molar-refractivity contribution in [3.63, 3.8) is 0 Å². The molecular weight excluding hydrogens is 247 g/mol. The van der Waals surface area contributed by atoms with Crippen molar-refractivity contribution in [1.29, 1.82) is 0 Å². The Labute approximate surface area is 104 Å². The van der Waals surface area contributed by atoms with Crippen LogP contribution in [0.5, 0.6) is 0 Å². The second-order valence-corrected chi connectivity index (χ2v) is 6.01. The Morgan fingerprint density at radius 2 is 2.00 bits per heavy atom. The summed E-state index contributed by atoms with van der Waals surface area (Å²) < 4.78 is 1.11. The van der Waals surface area contributed by atoms with Crippen molar-refractivity contribution < 1.29 is 0 Å². The lowest BCUT2D eigenvalue weighted by molar-refractivity contribution is 0.654. The number of hydrogen-bond donors (Lipinski definition) is 0. The lowest BCUT2D eigenvalue weighted by atomic mass is 10.1. The summed E-state index contributed by atoms with van der Waals surface area (Å²) in [5.74, 6) is 0.673. The van der Waals surface area contributed by atoms with Gasteiger partial charge in [0.05, 0.1) is 14.7 Å². The zero-order valence-corrected chi connectivity index (χ0v) is 11.0. The highest BCUT2D eigenvalue weighted by Crippen LogP contribution is 2.37. The molecule has 1 aromatic carbocycles. The van der Waals surface area contributed by atoms with E-state index in [1.807, 2.05) is 12.1 Å². The van der Waals surface area contributed by atoms with Gasteiger partial charge in [0, 0.05) is 4.88 Å². The van der Waals surface area contributed by atoms with Crippen LogP contribution in [0.4, 0.5) is 0 Å². The van der Waals surface area contributed by atoms with Gasteiger partial charge in [-0.05, 0) is 29.9 Å². The van der Waals surface area contributed by atoms with Gasteiger partial charge < -0.3 is 0 Å². The molecule has 2 aromatic rings. The molecule has 3 heteroatoms. The van der Waals surface area contributed by atoms with Gasteiger partial charge in [0.15, 0.2) is 0 Å². The number of hydrogen-bond acceptors (Lipinski definition) is 1. The number of thiophene rings is 1. The van der Waals surface area contributed by atoms with Crippen molar-refractivity contribution in [3.05, 3.63) is 33.1 Å². The minimum atomic E-state index is 0.641. The van der Waals surface area contributed by atoms with Gasteiger partial charge in [0.2, 0.25) is 0 Å². The predicted octanol–water partition coefficient (Wildman–Crippen LogP) is 5.41. The first-order chi connectivity index (χ1) is 7.08. The monoisotopic (exact) mass is 258 g/mol. The molecule has 0 nitrogen and oxygen atoms in total. The average Bonchev–Trinajstić information content (AvgIpc) is 2.54. The minimum Gasteiger partial charge on any atom is -0.139 e. The van der Waals surface area contributed by atoms with Crippen molar-refractivity contribution >= 4 is 44.6 Å². The third kappa shape index (κ3) is 2.30. The summed E-state index contributed by atoms with van der Waals surface area (Å²) in [6.45, 7) is 4.44. The van der Waals surface area contributed by atoms with Gasteiger partial charge in [-0.15, -0.1) is 11.3 Å². The second-order valence-electron chi connectivity index (χ2n) is 4.09. The molecule has 0 bridgehead atoms. The fraction of sp³-hybridized carbons (Fsp3) is 0.333. The van der Waals surface area contributed by atoms with Gasteiger partial charge >= 0.3 is 0 Å². The Bertz CT molecular complexity index is 486. The van der Waals surface area contributed by atoms with E-state index in [0.29, 0.717) is 16.0 Å². The van der Waals surface area contributed by atoms with Gasteiger partial charge in [-0.3, -0.25) is 0 Å². The standard InChI is InChI=1S/C12H12Cl2S/c1-7(2)5-9-6-8-3-4-10(13)11(14)12(8)15-9/h3-4,6-7H,5H2,1-2H3. The molecule has 0 N–H and O–H groups in total. The van der Waals surface area contributed by atoms with Crippen LogP contribution >= 0.6 is 34.5 Å². The zero-order valence-electron chi connectivity index (χ0n) is 8.68. The van der Waals surface area contributed by atoms with Crippen LogP contribution in [-0.4, -0.2) is 0 Å². The molecule has 0 radical (unpaired) electrons. The molecule has 2 rings (SSSR count). The molecule has 0 aliphatic rings. The van der Waals surface area contributed by atoms with E-state index in [4.69, 9.17) is 23.2 Å². The Kier molecular flexibility index (Phi) is 3.24. The molecule has 0 aliphatic heterocycles. The van der Waals surface area contributed by atoms with Crippen molar-refractivity contribution in [2.24, 2.45) is 5.92 Å². The summed E-state index contributed by atoms with van der Waals surface area (Å²) in [7, 11) is 0. The molecule has 15 heavy (non-hydrogen) atoms. The zero-order chi connectivity index (χ0) is 11.0. The molecular formula is C12H12Cl2S. The first kappa shape index (κ1) is 11.3. The molecule has 0 aliphatic carbocycles. The largest absolute Gasteiger partial charge is 0.139 e. The van der Waals surface area contributed by atoms with Crippen LogP contribution in [0, 0.1) is 5.92 Å². The SMILES string of the molecule is CC(C)Cc1cc2ccc(Cl)c(Cl)c2s1. The number of halogens is 2. The van der Waals surface area contributed by atoms with E-state index in [9.17, 15) is 0 Å². The maximum atomic E-state index is 6.15. The van der Waals surface area contributed by atoms with E-state index >= 15 is 0 Å². The Hall–Kier alpha value is -0.240. The summed E-state index contributed by atoms with van der Waals surface area (Å²) in [6, 6.07) is 6.10. The van der Waals surface area contributed by atoms with Crippen LogP contribution in [0.25, 0.3) is 10.1 Å². The van der Waals surface area contributed by atoms with Gasteiger partial charge in [-0.25, -0.2) is 0 Å². The summed E-state index contributed by atoms with van der Waals surface area (Å²) in [5, 5.41) is 2.53. The molecule has 1 aromatic heterocycles. The normalized spacial score (nSPS) is 11.5. The lowest BCUT2D eigenvalue weighted by Crippen LogP contribution is -1.89. The van der Waals surface area contributed by atoms with Gasteiger partial charge in [0.1, 0.15) is 0 Å². The Morgan fingerprint density at radius 1 is 1.27 bits per heavy atom. The summed E-state index contributed by atoms with van der Waals surface area (Å²) in [5.41, 5.74) is 0. The quantitative estimate of drug-likeness (QED) is 0.676. The molecule has 0 atom stereocenters. The smallest absolute Gasteiger partial charge is 0.0770 e. The van der Waals surface area contributed by atoms with Gasteiger partial charge in [-0.1, -0.05) is 43.1 Å². The van der Waals surface area contributed by atoms with E-state index in [1.165, 1.54) is 10.3 Å². The molecule has 0 saturated heterocycles. The third-order valence-corrected chi connectivity index (χ3v) is 4.35. The first-order valence-corrected chi connectivity index (χ1v) is 6.51. The van der Waals surface area contributed by atoms with Crippen LogP contribution in [0.2, 0.25) is 10.0 Å². The first-order valence-electron chi connectivity index (χ1n) is 4.94. The van der Waals surface area contributed by atoms with Gasteiger partial charge in [0.25, 0.3) is 0 Å². The molecule has 0 saturated carbocycles. The van der Waals surface area contributed by atoms with Crippen molar-refractivity contribution in [3.8, 4) is 0 Å². The van der Waals surface area contributed by atoms with Crippen molar-refractivity contribution in [2.45, 2.75) is 20.3 Å². The molecule has 0 unspecified atom stereocenters. The topological polar surface area (TPSA) is 0 Å². The molecule has 0 amide bonds. The average molecular weight is 259 g/mol. The summed E-state index contributed by atoms with van der Waals surface area (Å²) in [4.78, 5) is 1.38. The van der Waals surface area contributed by atoms with E-state index in [1.54, 1.807) is 11.3 Å². The molecule has 0 fully saturated rings. The molecule has 80 valence electrons. The highest BCUT2D eigenvalue weighted by Gasteiger charge is 2.09. The highest BCUT2D eigenvalue weighted by atomic mass is 35.5. The lowest BCUT2D eigenvalue weighted by Gasteiger charge is -1.99.